The molecule has 4 N–H and O–H groups in total. The standard InChI is InChI=1S/C6H6N2O4S/c9-5(7-11)3-1-2-13-4(3)6(10)8-12/h1-2,11-12H,(H,7,9)(H,8,10). The molecule has 13 heavy (non-hydrogen) atoms. The van der Waals surface area contributed by atoms with Crippen molar-refractivity contribution in [3.8, 4) is 0 Å². The SMILES string of the molecule is O=C(NO)c1ccsc1C(=O)NO. The molecule has 0 bridgehead atoms. The summed E-state index contributed by atoms with van der Waals surface area (Å²) < 4.78 is 0. The largest absolute Gasteiger partial charge is 0.288 e. The van der Waals surface area contributed by atoms with Gasteiger partial charge in [-0.15, -0.1) is 11.3 Å². The molecule has 0 aliphatic carbocycles. The lowest BCUT2D eigenvalue weighted by atomic mass is 10.2. The normalized spacial score (nSPS) is 9.38. The summed E-state index contributed by atoms with van der Waals surface area (Å²) in [5.41, 5.74) is 2.80. The monoisotopic (exact) mass is 202 g/mol. The first-order valence-electron chi connectivity index (χ1n) is 3.17. The van der Waals surface area contributed by atoms with Gasteiger partial charge in [0.1, 0.15) is 4.88 Å². The maximum absolute atomic E-state index is 10.9. The van der Waals surface area contributed by atoms with Crippen molar-refractivity contribution in [1.29, 1.82) is 0 Å². The van der Waals surface area contributed by atoms with Crippen molar-refractivity contribution < 1.29 is 20.0 Å². The molecule has 0 aliphatic heterocycles. The zero-order valence-corrected chi connectivity index (χ0v) is 7.09. The van der Waals surface area contributed by atoms with E-state index < -0.39 is 11.8 Å². The second kappa shape index (κ2) is 3.99. The van der Waals surface area contributed by atoms with E-state index in [9.17, 15) is 9.59 Å². The summed E-state index contributed by atoms with van der Waals surface area (Å²) in [6.45, 7) is 0. The predicted molar refractivity (Wildman–Crippen MR) is 42.8 cm³/mol. The van der Waals surface area contributed by atoms with Crippen LogP contribution < -0.4 is 11.0 Å². The smallest absolute Gasteiger partial charge is 0.285 e. The molecule has 0 fully saturated rings. The molecule has 0 aliphatic rings. The Hall–Kier alpha value is -1.44. The Morgan fingerprint density at radius 2 is 1.85 bits per heavy atom. The fourth-order valence-electron chi connectivity index (χ4n) is 0.775. The highest BCUT2D eigenvalue weighted by Gasteiger charge is 2.17. The van der Waals surface area contributed by atoms with Gasteiger partial charge in [0.2, 0.25) is 0 Å². The molecule has 2 amide bonds. The van der Waals surface area contributed by atoms with Gasteiger partial charge in [0.15, 0.2) is 0 Å². The molecular formula is C6H6N2O4S. The zero-order valence-electron chi connectivity index (χ0n) is 6.27. The van der Waals surface area contributed by atoms with Gasteiger partial charge in [-0.2, -0.15) is 0 Å². The summed E-state index contributed by atoms with van der Waals surface area (Å²) in [5.74, 6) is -1.58. The number of rotatable bonds is 2. The van der Waals surface area contributed by atoms with Crippen molar-refractivity contribution in [2.75, 3.05) is 0 Å². The number of carbonyl (C=O) groups is 2. The molecule has 0 radical (unpaired) electrons. The molecular weight excluding hydrogens is 196 g/mol. The molecule has 1 aromatic heterocycles. The van der Waals surface area contributed by atoms with Crippen LogP contribution in [0.15, 0.2) is 11.4 Å². The Kier molecular flexibility index (Phi) is 2.96. The van der Waals surface area contributed by atoms with Crippen LogP contribution in [0, 0.1) is 0 Å². The molecule has 0 aromatic carbocycles. The Morgan fingerprint density at radius 1 is 1.23 bits per heavy atom. The van der Waals surface area contributed by atoms with Crippen molar-refractivity contribution in [3.63, 3.8) is 0 Å². The van der Waals surface area contributed by atoms with Crippen LogP contribution in [0.3, 0.4) is 0 Å². The Balaban J connectivity index is 3.02. The quantitative estimate of drug-likeness (QED) is 0.400. The van der Waals surface area contributed by atoms with E-state index in [1.165, 1.54) is 22.4 Å². The molecule has 70 valence electrons. The number of nitrogens with one attached hydrogen (secondary N) is 2. The molecule has 1 heterocycles. The average Bonchev–Trinajstić information content (AvgIpc) is 2.63. The third-order valence-corrected chi connectivity index (χ3v) is 2.23. The van der Waals surface area contributed by atoms with Crippen LogP contribution in [0.1, 0.15) is 20.0 Å². The van der Waals surface area contributed by atoms with Gasteiger partial charge in [-0.05, 0) is 11.4 Å². The van der Waals surface area contributed by atoms with E-state index in [4.69, 9.17) is 10.4 Å². The van der Waals surface area contributed by atoms with Crippen molar-refractivity contribution in [2.45, 2.75) is 0 Å². The molecule has 0 saturated heterocycles. The first kappa shape index (κ1) is 9.65. The Bertz CT molecular complexity index is 305. The van der Waals surface area contributed by atoms with Crippen LogP contribution in [0.25, 0.3) is 0 Å². The second-order valence-electron chi connectivity index (χ2n) is 2.05. The number of hydrogen-bond acceptors (Lipinski definition) is 5. The van der Waals surface area contributed by atoms with Crippen LogP contribution in [0.4, 0.5) is 0 Å². The molecule has 7 heteroatoms. The Labute approximate surface area is 76.7 Å². The lowest BCUT2D eigenvalue weighted by molar-refractivity contribution is 0.0676. The maximum Gasteiger partial charge on any atom is 0.285 e. The van der Waals surface area contributed by atoms with Gasteiger partial charge < -0.3 is 0 Å². The molecule has 1 rings (SSSR count). The second-order valence-corrected chi connectivity index (χ2v) is 2.96. The number of carbonyl (C=O) groups excluding carboxylic acids is 2. The summed E-state index contributed by atoms with van der Waals surface area (Å²) in [6.07, 6.45) is 0. The third-order valence-electron chi connectivity index (χ3n) is 1.32. The summed E-state index contributed by atoms with van der Waals surface area (Å²) in [4.78, 5) is 21.8. The highest BCUT2D eigenvalue weighted by molar-refractivity contribution is 7.12. The van der Waals surface area contributed by atoms with Gasteiger partial charge in [0.05, 0.1) is 5.56 Å². The summed E-state index contributed by atoms with van der Waals surface area (Å²) >= 11 is 0.982. The molecule has 0 saturated carbocycles. The van der Waals surface area contributed by atoms with Crippen molar-refractivity contribution in [2.24, 2.45) is 0 Å². The van der Waals surface area contributed by atoms with Crippen molar-refractivity contribution >= 4 is 23.2 Å². The summed E-state index contributed by atoms with van der Waals surface area (Å²) in [5, 5.41) is 18.1. The highest BCUT2D eigenvalue weighted by Crippen LogP contribution is 2.16. The zero-order chi connectivity index (χ0) is 9.84. The van der Waals surface area contributed by atoms with E-state index in [0.29, 0.717) is 0 Å². The summed E-state index contributed by atoms with van der Waals surface area (Å²) in [6, 6.07) is 1.36. The maximum atomic E-state index is 10.9. The number of hydrogen-bond donors (Lipinski definition) is 4. The lowest BCUT2D eigenvalue weighted by Gasteiger charge is -1.98. The van der Waals surface area contributed by atoms with E-state index >= 15 is 0 Å². The topological polar surface area (TPSA) is 98.7 Å². The van der Waals surface area contributed by atoms with Crippen LogP contribution in [-0.2, 0) is 0 Å². The molecule has 0 atom stereocenters. The van der Waals surface area contributed by atoms with E-state index in [1.807, 2.05) is 0 Å². The minimum Gasteiger partial charge on any atom is -0.288 e. The predicted octanol–water partition coefficient (Wildman–Crippen LogP) is -0.0139. The van der Waals surface area contributed by atoms with Gasteiger partial charge in [0, 0.05) is 0 Å². The number of hydroxylamine groups is 2. The van der Waals surface area contributed by atoms with Crippen LogP contribution in [-0.4, -0.2) is 22.2 Å². The molecule has 0 spiro atoms. The first-order valence-corrected chi connectivity index (χ1v) is 4.05. The lowest BCUT2D eigenvalue weighted by Crippen LogP contribution is -2.24. The van der Waals surface area contributed by atoms with Crippen molar-refractivity contribution in [3.05, 3.63) is 21.9 Å². The van der Waals surface area contributed by atoms with E-state index in [1.54, 1.807) is 0 Å². The van der Waals surface area contributed by atoms with Crippen LogP contribution in [0.2, 0.25) is 0 Å². The van der Waals surface area contributed by atoms with Crippen LogP contribution >= 0.6 is 11.3 Å². The molecule has 1 aromatic rings. The van der Waals surface area contributed by atoms with Crippen LogP contribution in [0.5, 0.6) is 0 Å². The van der Waals surface area contributed by atoms with E-state index in [2.05, 4.69) is 0 Å². The fourth-order valence-corrected chi connectivity index (χ4v) is 1.56. The molecule has 0 unspecified atom stereocenters. The minimum atomic E-state index is -0.792. The Morgan fingerprint density at radius 3 is 2.38 bits per heavy atom. The fraction of sp³-hybridized carbons (Fsp3) is 0. The van der Waals surface area contributed by atoms with Gasteiger partial charge >= 0.3 is 0 Å². The third kappa shape index (κ3) is 1.83. The first-order chi connectivity index (χ1) is 6.20. The van der Waals surface area contributed by atoms with E-state index in [0.717, 1.165) is 11.3 Å². The van der Waals surface area contributed by atoms with E-state index in [-0.39, 0.29) is 10.4 Å². The average molecular weight is 202 g/mol. The van der Waals surface area contributed by atoms with Gasteiger partial charge in [-0.1, -0.05) is 0 Å². The summed E-state index contributed by atoms with van der Waals surface area (Å²) in [7, 11) is 0. The van der Waals surface area contributed by atoms with Crippen molar-refractivity contribution in [1.82, 2.24) is 11.0 Å². The van der Waals surface area contributed by atoms with Gasteiger partial charge in [-0.3, -0.25) is 20.0 Å². The highest BCUT2D eigenvalue weighted by atomic mass is 32.1. The number of thiophene rings is 1. The molecule has 6 nitrogen and oxygen atoms in total. The van der Waals surface area contributed by atoms with Gasteiger partial charge in [-0.25, -0.2) is 11.0 Å². The van der Waals surface area contributed by atoms with Gasteiger partial charge in [0.25, 0.3) is 11.8 Å². The number of amides is 2. The minimum absolute atomic E-state index is 0.0130.